The van der Waals surface area contributed by atoms with Gasteiger partial charge in [-0.05, 0) is 83.5 Å². The number of ether oxygens (including phenoxy) is 3. The number of esters is 3. The fraction of sp³-hybridized carbons (Fsp3) is 0.629. The number of aliphatic hydroxyl groups excluding tert-OH is 1. The smallest absolute Gasteiger partial charge is 0.462 e. The highest BCUT2D eigenvalue weighted by molar-refractivity contribution is 7.47. The molecule has 12 heteroatoms. The van der Waals surface area contributed by atoms with Crippen molar-refractivity contribution in [1.29, 1.82) is 0 Å². The summed E-state index contributed by atoms with van der Waals surface area (Å²) in [6, 6.07) is 0. The van der Waals surface area contributed by atoms with E-state index in [-0.39, 0.29) is 25.9 Å². The van der Waals surface area contributed by atoms with Crippen molar-refractivity contribution in [3.8, 4) is 0 Å². The molecule has 11 nitrogen and oxygen atoms in total. The molecule has 0 heterocycles. The van der Waals surface area contributed by atoms with Gasteiger partial charge in [0.25, 0.3) is 0 Å². The summed E-state index contributed by atoms with van der Waals surface area (Å²) in [5.41, 5.74) is 0. The maximum atomic E-state index is 12.9. The summed E-state index contributed by atoms with van der Waals surface area (Å²) in [5.74, 6) is -1.66. The molecule has 0 aromatic heterocycles. The molecule has 3 atom stereocenters. The Morgan fingerprint density at radius 2 is 0.703 bits per heavy atom. The molecule has 0 aliphatic carbocycles. The van der Waals surface area contributed by atoms with E-state index in [1.165, 1.54) is 70.6 Å². The molecule has 420 valence electrons. The molecule has 2 N–H and O–H groups in total. The molecular formula is C62H101O11P. The molecule has 0 aromatic rings. The molecule has 0 bridgehead atoms. The zero-order chi connectivity index (χ0) is 54.1. The first-order chi connectivity index (χ1) is 36.2. The van der Waals surface area contributed by atoms with Crippen LogP contribution in [0, 0.1) is 0 Å². The standard InChI is InChI=1S/C62H101O11P/c1-4-7-10-13-16-19-22-25-27-28-29-30-32-34-36-39-42-45-48-51-60(64)69-55-59(73-62(66)53-50-47-44-41-38-35-31-26-23-20-17-14-11-8-5-2)57-71-74(67,68)70-56-58(54-63)72-61(65)52-49-46-43-40-37-33-24-21-18-15-12-9-6-3/h7,9-10,12,16,18-19,21,25,27,29-30,33-34,36-37,42-43,45-46,58-59,63H,4-6,8,11,13-15,17,20,22-24,26,28,31-32,35,38-41,44,47-57H2,1-3H3,(H,67,68)/b10-7-,12-9-,19-16-,21-18-,27-25-,30-29-,36-34-,37-33-,45-42-,46-43-. The number of rotatable bonds is 51. The third-order valence-electron chi connectivity index (χ3n) is 11.4. The SMILES string of the molecule is CC/C=C\C/C=C\C/C=C\C/C=C\C/C=C\C/C=C\CCC(=O)OCC(COP(=O)(O)OCC(CO)OC(=O)CC/C=C\C/C=C\C/C=C\C/C=C\CC)OC(=O)CCCCCCCCCCCCCCCCC. The van der Waals surface area contributed by atoms with E-state index in [1.807, 2.05) is 30.4 Å². The molecule has 0 aromatic carbocycles. The molecule has 74 heavy (non-hydrogen) atoms. The number of allylic oxidation sites excluding steroid dienone is 20. The Morgan fingerprint density at radius 1 is 0.392 bits per heavy atom. The Morgan fingerprint density at radius 3 is 1.08 bits per heavy atom. The van der Waals surface area contributed by atoms with Gasteiger partial charge in [-0.3, -0.25) is 23.4 Å². The number of hydrogen-bond acceptors (Lipinski definition) is 10. The van der Waals surface area contributed by atoms with Crippen LogP contribution < -0.4 is 0 Å². The van der Waals surface area contributed by atoms with Gasteiger partial charge >= 0.3 is 25.7 Å². The Balaban J connectivity index is 4.90. The number of aliphatic hydroxyl groups is 1. The lowest BCUT2D eigenvalue weighted by atomic mass is 10.0. The minimum Gasteiger partial charge on any atom is -0.462 e. The molecule has 0 radical (unpaired) electrons. The zero-order valence-corrected chi connectivity index (χ0v) is 47.2. The van der Waals surface area contributed by atoms with Crippen LogP contribution in [0.2, 0.25) is 0 Å². The summed E-state index contributed by atoms with van der Waals surface area (Å²) in [6.07, 6.45) is 67.6. The first kappa shape index (κ1) is 69.9. The lowest BCUT2D eigenvalue weighted by molar-refractivity contribution is -0.161. The minimum absolute atomic E-state index is 0.0462. The van der Waals surface area contributed by atoms with Gasteiger partial charge in [0.05, 0.1) is 19.8 Å². The van der Waals surface area contributed by atoms with Crippen LogP contribution in [0.1, 0.15) is 213 Å². The van der Waals surface area contributed by atoms with Crippen molar-refractivity contribution < 1.29 is 52.2 Å². The number of carbonyl (C=O) groups excluding carboxylic acids is 3. The zero-order valence-electron chi connectivity index (χ0n) is 46.3. The second kappa shape index (κ2) is 55.1. The Hall–Kier alpha value is -4.12. The minimum atomic E-state index is -4.79. The largest absolute Gasteiger partial charge is 0.472 e. The highest BCUT2D eigenvalue weighted by atomic mass is 31.2. The van der Waals surface area contributed by atoms with Gasteiger partial charge in [-0.1, -0.05) is 232 Å². The van der Waals surface area contributed by atoms with E-state index >= 15 is 0 Å². The van der Waals surface area contributed by atoms with E-state index in [2.05, 4.69) is 112 Å². The molecule has 0 aliphatic heterocycles. The topological polar surface area (TPSA) is 155 Å². The molecule has 3 unspecified atom stereocenters. The maximum absolute atomic E-state index is 12.9. The first-order valence-electron chi connectivity index (χ1n) is 28.4. The van der Waals surface area contributed by atoms with Crippen LogP contribution in [0.4, 0.5) is 0 Å². The van der Waals surface area contributed by atoms with Gasteiger partial charge < -0.3 is 24.2 Å². The van der Waals surface area contributed by atoms with E-state index in [4.69, 9.17) is 23.3 Å². The van der Waals surface area contributed by atoms with Crippen LogP contribution >= 0.6 is 7.82 Å². The second-order valence-electron chi connectivity index (χ2n) is 18.3. The molecule has 0 fully saturated rings. The fourth-order valence-corrected chi connectivity index (χ4v) is 7.94. The molecule has 0 saturated heterocycles. The molecule has 0 spiro atoms. The van der Waals surface area contributed by atoms with E-state index < -0.39 is 57.8 Å². The quantitative estimate of drug-likeness (QED) is 0.0197. The van der Waals surface area contributed by atoms with Gasteiger partial charge in [-0.25, -0.2) is 4.57 Å². The first-order valence-corrected chi connectivity index (χ1v) is 29.9. The third kappa shape index (κ3) is 52.7. The lowest BCUT2D eigenvalue weighted by Crippen LogP contribution is -2.30. The number of phosphoric acid groups is 1. The third-order valence-corrected chi connectivity index (χ3v) is 12.4. The maximum Gasteiger partial charge on any atom is 0.472 e. The summed E-state index contributed by atoms with van der Waals surface area (Å²) in [7, 11) is -4.79. The Labute approximate surface area is 449 Å². The van der Waals surface area contributed by atoms with Gasteiger partial charge in [-0.15, -0.1) is 0 Å². The summed E-state index contributed by atoms with van der Waals surface area (Å²) < 4.78 is 39.3. The Kier molecular flexibility index (Phi) is 52.1. The van der Waals surface area contributed by atoms with Crippen molar-refractivity contribution in [1.82, 2.24) is 0 Å². The highest BCUT2D eigenvalue weighted by Crippen LogP contribution is 2.43. The summed E-state index contributed by atoms with van der Waals surface area (Å²) in [6.45, 7) is 4.24. The molecule has 0 aliphatic rings. The highest BCUT2D eigenvalue weighted by Gasteiger charge is 2.28. The monoisotopic (exact) mass is 1050 g/mol. The van der Waals surface area contributed by atoms with Crippen molar-refractivity contribution in [3.05, 3.63) is 122 Å². The average Bonchev–Trinajstić information content (AvgIpc) is 3.39. The second-order valence-corrected chi connectivity index (χ2v) is 19.8. The van der Waals surface area contributed by atoms with Gasteiger partial charge in [0, 0.05) is 19.3 Å². The number of phosphoric ester groups is 1. The van der Waals surface area contributed by atoms with Crippen molar-refractivity contribution >= 4 is 25.7 Å². The number of carbonyl (C=O) groups is 3. The van der Waals surface area contributed by atoms with Crippen LogP contribution in [0.15, 0.2) is 122 Å². The van der Waals surface area contributed by atoms with Crippen LogP contribution in [-0.4, -0.2) is 66.5 Å². The van der Waals surface area contributed by atoms with Crippen molar-refractivity contribution in [2.75, 3.05) is 26.4 Å². The van der Waals surface area contributed by atoms with Crippen molar-refractivity contribution in [2.45, 2.75) is 226 Å². The number of hydrogen-bond donors (Lipinski definition) is 2. The van der Waals surface area contributed by atoms with Gasteiger partial charge in [0.15, 0.2) is 6.10 Å². The van der Waals surface area contributed by atoms with Crippen LogP contribution in [0.5, 0.6) is 0 Å². The predicted molar refractivity (Wildman–Crippen MR) is 306 cm³/mol. The predicted octanol–water partition coefficient (Wildman–Crippen LogP) is 16.8. The summed E-state index contributed by atoms with van der Waals surface area (Å²) in [5, 5.41) is 9.78. The molecule has 0 amide bonds. The van der Waals surface area contributed by atoms with Crippen LogP contribution in [-0.2, 0) is 42.2 Å². The fourth-order valence-electron chi connectivity index (χ4n) is 7.16. The lowest BCUT2D eigenvalue weighted by Gasteiger charge is -2.21. The Bertz CT molecular complexity index is 1700. The van der Waals surface area contributed by atoms with Crippen molar-refractivity contribution in [3.63, 3.8) is 0 Å². The van der Waals surface area contributed by atoms with Gasteiger partial charge in [0.2, 0.25) is 0 Å². The molecule has 0 rings (SSSR count). The number of unbranched alkanes of at least 4 members (excludes halogenated alkanes) is 14. The van der Waals surface area contributed by atoms with Crippen LogP contribution in [0.25, 0.3) is 0 Å². The van der Waals surface area contributed by atoms with Crippen LogP contribution in [0.3, 0.4) is 0 Å². The average molecular weight is 1050 g/mol. The van der Waals surface area contributed by atoms with E-state index in [0.717, 1.165) is 83.5 Å². The van der Waals surface area contributed by atoms with E-state index in [9.17, 15) is 28.9 Å². The summed E-state index contributed by atoms with van der Waals surface area (Å²) in [4.78, 5) is 48.4. The molecule has 0 saturated carbocycles. The van der Waals surface area contributed by atoms with Gasteiger partial charge in [0.1, 0.15) is 12.7 Å². The summed E-state index contributed by atoms with van der Waals surface area (Å²) >= 11 is 0. The van der Waals surface area contributed by atoms with E-state index in [0.29, 0.717) is 19.3 Å². The van der Waals surface area contributed by atoms with Gasteiger partial charge in [-0.2, -0.15) is 0 Å². The van der Waals surface area contributed by atoms with Crippen molar-refractivity contribution in [2.24, 2.45) is 0 Å². The van der Waals surface area contributed by atoms with E-state index in [1.54, 1.807) is 0 Å². The normalized spacial score (nSPS) is 14.3. The molecular weight excluding hydrogens is 952 g/mol.